The lowest BCUT2D eigenvalue weighted by Gasteiger charge is -2.14. The average molecular weight is 292 g/mol. The fourth-order valence-electron chi connectivity index (χ4n) is 2.32. The van der Waals surface area contributed by atoms with Gasteiger partial charge in [0, 0.05) is 18.2 Å². The van der Waals surface area contributed by atoms with Crippen LogP contribution in [0.25, 0.3) is 0 Å². The normalized spacial score (nSPS) is 12.4. The quantitative estimate of drug-likeness (QED) is 0.886. The van der Waals surface area contributed by atoms with E-state index in [1.807, 2.05) is 20.8 Å². The Morgan fingerprint density at radius 3 is 2.71 bits per heavy atom. The van der Waals surface area contributed by atoms with Crippen LogP contribution < -0.4 is 5.32 Å². The van der Waals surface area contributed by atoms with Gasteiger partial charge in [-0.2, -0.15) is 0 Å². The topological polar surface area (TPSA) is 75.4 Å². The highest BCUT2D eigenvalue weighted by molar-refractivity contribution is 5.87. The lowest BCUT2D eigenvalue weighted by molar-refractivity contribution is 0.0692. The zero-order valence-corrected chi connectivity index (χ0v) is 12.1. The van der Waals surface area contributed by atoms with Gasteiger partial charge in [0.15, 0.2) is 0 Å². The SMILES string of the molecule is Cc1noc(C)c1C(C)NCc1ccc(C(=O)O)c(F)c1. The van der Waals surface area contributed by atoms with Crippen LogP contribution in [0.3, 0.4) is 0 Å². The van der Waals surface area contributed by atoms with E-state index in [9.17, 15) is 9.18 Å². The predicted molar refractivity (Wildman–Crippen MR) is 74.6 cm³/mol. The third kappa shape index (κ3) is 3.28. The van der Waals surface area contributed by atoms with Crippen molar-refractivity contribution in [2.24, 2.45) is 0 Å². The van der Waals surface area contributed by atoms with Crippen molar-refractivity contribution in [2.45, 2.75) is 33.4 Å². The molecule has 1 aromatic carbocycles. The molecule has 2 aromatic rings. The summed E-state index contributed by atoms with van der Waals surface area (Å²) < 4.78 is 18.7. The number of hydrogen-bond acceptors (Lipinski definition) is 4. The summed E-state index contributed by atoms with van der Waals surface area (Å²) >= 11 is 0. The van der Waals surface area contributed by atoms with Crippen LogP contribution in [0.15, 0.2) is 22.7 Å². The molecule has 2 N–H and O–H groups in total. The van der Waals surface area contributed by atoms with Gasteiger partial charge in [-0.05, 0) is 38.5 Å². The molecule has 1 unspecified atom stereocenters. The van der Waals surface area contributed by atoms with E-state index in [4.69, 9.17) is 9.63 Å². The number of benzene rings is 1. The third-order valence-corrected chi connectivity index (χ3v) is 3.40. The van der Waals surface area contributed by atoms with Crippen LogP contribution in [0.1, 0.15) is 45.9 Å². The minimum atomic E-state index is -1.27. The predicted octanol–water partition coefficient (Wildman–Crippen LogP) is 2.98. The zero-order valence-electron chi connectivity index (χ0n) is 12.1. The standard InChI is InChI=1S/C15H17FN2O3/c1-8(14-9(2)18-21-10(14)3)17-7-11-4-5-12(15(19)20)13(16)6-11/h4-6,8,17H,7H2,1-3H3,(H,19,20). The Kier molecular flexibility index (Phi) is 4.37. The Morgan fingerprint density at radius 2 is 2.19 bits per heavy atom. The Balaban J connectivity index is 2.06. The molecule has 0 saturated carbocycles. The van der Waals surface area contributed by atoms with Crippen LogP contribution in [-0.4, -0.2) is 16.2 Å². The maximum Gasteiger partial charge on any atom is 0.338 e. The van der Waals surface area contributed by atoms with Gasteiger partial charge in [0.1, 0.15) is 11.6 Å². The lowest BCUT2D eigenvalue weighted by Crippen LogP contribution is -2.19. The van der Waals surface area contributed by atoms with Crippen LogP contribution in [0, 0.1) is 19.7 Å². The molecular weight excluding hydrogens is 275 g/mol. The van der Waals surface area contributed by atoms with E-state index < -0.39 is 11.8 Å². The molecule has 0 saturated heterocycles. The summed E-state index contributed by atoms with van der Waals surface area (Å²) in [5.41, 5.74) is 2.16. The number of aryl methyl sites for hydroxylation is 2. The molecule has 0 spiro atoms. The first-order chi connectivity index (χ1) is 9.90. The second-order valence-electron chi connectivity index (χ2n) is 4.96. The van der Waals surface area contributed by atoms with Gasteiger partial charge < -0.3 is 14.9 Å². The summed E-state index contributed by atoms with van der Waals surface area (Å²) in [5, 5.41) is 15.9. The first-order valence-electron chi connectivity index (χ1n) is 6.58. The van der Waals surface area contributed by atoms with E-state index in [0.29, 0.717) is 12.1 Å². The summed E-state index contributed by atoms with van der Waals surface area (Å²) in [6.45, 7) is 6.09. The van der Waals surface area contributed by atoms with Crippen LogP contribution in [0.5, 0.6) is 0 Å². The molecule has 6 heteroatoms. The molecule has 21 heavy (non-hydrogen) atoms. The monoisotopic (exact) mass is 292 g/mol. The molecule has 1 aromatic heterocycles. The number of aromatic carboxylic acids is 1. The number of carboxylic acid groups (broad SMARTS) is 1. The molecule has 0 amide bonds. The highest BCUT2D eigenvalue weighted by Gasteiger charge is 2.16. The van der Waals surface area contributed by atoms with Crippen LogP contribution in [-0.2, 0) is 6.54 Å². The van der Waals surface area contributed by atoms with Crippen molar-refractivity contribution < 1.29 is 18.8 Å². The summed E-state index contributed by atoms with van der Waals surface area (Å²) in [4.78, 5) is 10.8. The minimum Gasteiger partial charge on any atom is -0.478 e. The second-order valence-corrected chi connectivity index (χ2v) is 4.96. The van der Waals surface area contributed by atoms with Crippen LogP contribution >= 0.6 is 0 Å². The maximum atomic E-state index is 13.6. The summed E-state index contributed by atoms with van der Waals surface area (Å²) in [7, 11) is 0. The Labute approximate surface area is 121 Å². The molecule has 112 valence electrons. The van der Waals surface area contributed by atoms with Crippen molar-refractivity contribution in [2.75, 3.05) is 0 Å². The molecule has 0 fully saturated rings. The van der Waals surface area contributed by atoms with Crippen molar-refractivity contribution in [3.63, 3.8) is 0 Å². The zero-order chi connectivity index (χ0) is 15.6. The largest absolute Gasteiger partial charge is 0.478 e. The van der Waals surface area contributed by atoms with Gasteiger partial charge in [-0.3, -0.25) is 0 Å². The van der Waals surface area contributed by atoms with Gasteiger partial charge in [0.2, 0.25) is 0 Å². The van der Waals surface area contributed by atoms with Crippen molar-refractivity contribution in [1.82, 2.24) is 10.5 Å². The van der Waals surface area contributed by atoms with E-state index in [-0.39, 0.29) is 11.6 Å². The van der Waals surface area contributed by atoms with Crippen molar-refractivity contribution >= 4 is 5.97 Å². The van der Waals surface area contributed by atoms with Crippen molar-refractivity contribution in [3.05, 3.63) is 52.2 Å². The van der Waals surface area contributed by atoms with Gasteiger partial charge >= 0.3 is 5.97 Å². The molecule has 0 aliphatic heterocycles. The van der Waals surface area contributed by atoms with Crippen LogP contribution in [0.4, 0.5) is 4.39 Å². The van der Waals surface area contributed by atoms with E-state index in [1.54, 1.807) is 6.07 Å². The van der Waals surface area contributed by atoms with Gasteiger partial charge in [0.05, 0.1) is 11.3 Å². The summed E-state index contributed by atoms with van der Waals surface area (Å²) in [6, 6.07) is 4.10. The minimum absolute atomic E-state index is 0.00142. The van der Waals surface area contributed by atoms with E-state index in [1.165, 1.54) is 12.1 Å². The fourth-order valence-corrected chi connectivity index (χ4v) is 2.32. The van der Waals surface area contributed by atoms with Crippen LogP contribution in [0.2, 0.25) is 0 Å². The molecule has 5 nitrogen and oxygen atoms in total. The molecule has 1 atom stereocenters. The number of aromatic nitrogens is 1. The lowest BCUT2D eigenvalue weighted by atomic mass is 10.1. The second kappa shape index (κ2) is 6.05. The number of halogens is 1. The first-order valence-corrected chi connectivity index (χ1v) is 6.58. The highest BCUT2D eigenvalue weighted by Crippen LogP contribution is 2.21. The number of rotatable bonds is 5. The molecular formula is C15H17FN2O3. The van der Waals surface area contributed by atoms with Crippen molar-refractivity contribution in [1.29, 1.82) is 0 Å². The number of carboxylic acids is 1. The van der Waals surface area contributed by atoms with Crippen molar-refractivity contribution in [3.8, 4) is 0 Å². The smallest absolute Gasteiger partial charge is 0.338 e. The first kappa shape index (κ1) is 15.2. The molecule has 1 heterocycles. The van der Waals surface area contributed by atoms with E-state index >= 15 is 0 Å². The Bertz CT molecular complexity index is 647. The van der Waals surface area contributed by atoms with Gasteiger partial charge in [-0.25, -0.2) is 9.18 Å². The molecule has 0 aliphatic carbocycles. The average Bonchev–Trinajstić information content (AvgIpc) is 2.75. The highest BCUT2D eigenvalue weighted by atomic mass is 19.1. The molecule has 0 aliphatic rings. The van der Waals surface area contributed by atoms with E-state index in [2.05, 4.69) is 10.5 Å². The number of carbonyl (C=O) groups is 1. The summed E-state index contributed by atoms with van der Waals surface area (Å²) in [6.07, 6.45) is 0. The van der Waals surface area contributed by atoms with Gasteiger partial charge in [0.25, 0.3) is 0 Å². The molecule has 0 radical (unpaired) electrons. The third-order valence-electron chi connectivity index (χ3n) is 3.40. The number of hydrogen-bond donors (Lipinski definition) is 2. The number of nitrogens with one attached hydrogen (secondary N) is 1. The maximum absolute atomic E-state index is 13.6. The number of nitrogens with zero attached hydrogens (tertiary/aromatic N) is 1. The molecule has 2 rings (SSSR count). The van der Waals surface area contributed by atoms with Gasteiger partial charge in [-0.15, -0.1) is 0 Å². The fraction of sp³-hybridized carbons (Fsp3) is 0.333. The van der Waals surface area contributed by atoms with Gasteiger partial charge in [-0.1, -0.05) is 11.2 Å². The Hall–Kier alpha value is -2.21. The van der Waals surface area contributed by atoms with E-state index in [0.717, 1.165) is 17.0 Å². The Morgan fingerprint density at radius 1 is 1.48 bits per heavy atom. The molecule has 0 bridgehead atoms. The summed E-state index contributed by atoms with van der Waals surface area (Å²) in [5.74, 6) is -1.25.